The van der Waals surface area contributed by atoms with E-state index in [1.54, 1.807) is 24.3 Å². The molecule has 0 saturated heterocycles. The third-order valence-electron chi connectivity index (χ3n) is 4.31. The summed E-state index contributed by atoms with van der Waals surface area (Å²) in [7, 11) is -3.44. The van der Waals surface area contributed by atoms with Gasteiger partial charge in [0.05, 0.1) is 4.90 Å². The van der Waals surface area contributed by atoms with Crippen molar-refractivity contribution >= 4 is 21.6 Å². The van der Waals surface area contributed by atoms with Crippen LogP contribution in [0.2, 0.25) is 0 Å². The zero-order valence-corrected chi connectivity index (χ0v) is 17.9. The topological polar surface area (TPSA) is 52.0 Å². The second kappa shape index (κ2) is 8.20. The van der Waals surface area contributed by atoms with E-state index in [-0.39, 0.29) is 16.2 Å². The SMILES string of the molecule is CC#Cn1nc(-c2ccc(S(C)(=O)=O)cc2)c(-c2ccc(SC)cc2)c1C(F)(F)F. The highest BCUT2D eigenvalue weighted by Gasteiger charge is 2.40. The van der Waals surface area contributed by atoms with E-state index in [2.05, 4.69) is 17.1 Å². The van der Waals surface area contributed by atoms with Crippen LogP contribution in [-0.4, -0.2) is 30.7 Å². The molecule has 0 aliphatic carbocycles. The van der Waals surface area contributed by atoms with Gasteiger partial charge in [0.1, 0.15) is 5.69 Å². The van der Waals surface area contributed by atoms with Crippen molar-refractivity contribution in [2.75, 3.05) is 12.5 Å². The molecule has 0 spiro atoms. The third kappa shape index (κ3) is 4.40. The van der Waals surface area contributed by atoms with Gasteiger partial charge in [0.25, 0.3) is 0 Å². The number of sulfone groups is 1. The summed E-state index contributed by atoms with van der Waals surface area (Å²) in [6.45, 7) is 1.43. The molecule has 156 valence electrons. The van der Waals surface area contributed by atoms with Crippen LogP contribution >= 0.6 is 11.8 Å². The maximum absolute atomic E-state index is 14.0. The number of rotatable bonds is 4. The lowest BCUT2D eigenvalue weighted by Crippen LogP contribution is -2.13. The highest BCUT2D eigenvalue weighted by molar-refractivity contribution is 7.98. The zero-order chi connectivity index (χ0) is 22.1. The number of hydrogen-bond donors (Lipinski definition) is 0. The third-order valence-corrected chi connectivity index (χ3v) is 6.18. The molecule has 2 aromatic carbocycles. The lowest BCUT2D eigenvalue weighted by atomic mass is 9.98. The second-order valence-corrected chi connectivity index (χ2v) is 9.26. The summed E-state index contributed by atoms with van der Waals surface area (Å²) >= 11 is 1.48. The van der Waals surface area contributed by atoms with E-state index in [1.165, 1.54) is 43.0 Å². The minimum atomic E-state index is -4.70. The van der Waals surface area contributed by atoms with Crippen molar-refractivity contribution in [3.05, 3.63) is 54.2 Å². The number of nitrogens with zero attached hydrogens (tertiary/aromatic N) is 2. The summed E-state index contributed by atoms with van der Waals surface area (Å²) in [6.07, 6.45) is -1.76. The quantitative estimate of drug-likeness (QED) is 0.406. The molecular weight excluding hydrogens is 433 g/mol. The van der Waals surface area contributed by atoms with Crippen molar-refractivity contribution in [3.63, 3.8) is 0 Å². The van der Waals surface area contributed by atoms with Crippen LogP contribution in [0.4, 0.5) is 13.2 Å². The molecule has 3 aromatic rings. The lowest BCUT2D eigenvalue weighted by Gasteiger charge is -2.11. The van der Waals surface area contributed by atoms with E-state index in [9.17, 15) is 21.6 Å². The number of hydrogen-bond acceptors (Lipinski definition) is 4. The summed E-state index contributed by atoms with van der Waals surface area (Å²) in [4.78, 5) is 0.980. The van der Waals surface area contributed by atoms with Gasteiger partial charge in [-0.15, -0.1) is 11.8 Å². The van der Waals surface area contributed by atoms with Crippen LogP contribution < -0.4 is 0 Å². The molecule has 0 radical (unpaired) electrons. The molecule has 0 atom stereocenters. The Hall–Kier alpha value is -2.70. The Kier molecular flexibility index (Phi) is 6.01. The maximum atomic E-state index is 14.0. The van der Waals surface area contributed by atoms with Gasteiger partial charge in [-0.25, -0.2) is 8.42 Å². The highest BCUT2D eigenvalue weighted by atomic mass is 32.2. The Morgan fingerprint density at radius 3 is 2.03 bits per heavy atom. The molecule has 0 aliphatic rings. The predicted octanol–water partition coefficient (Wildman–Crippen LogP) is 5.19. The molecule has 0 N–H and O–H groups in total. The van der Waals surface area contributed by atoms with Crippen LogP contribution in [0.1, 0.15) is 12.6 Å². The van der Waals surface area contributed by atoms with Crippen LogP contribution in [0, 0.1) is 12.0 Å². The molecule has 0 fully saturated rings. The van der Waals surface area contributed by atoms with Gasteiger partial charge in [-0.1, -0.05) is 30.2 Å². The average Bonchev–Trinajstić information content (AvgIpc) is 3.07. The van der Waals surface area contributed by atoms with E-state index in [1.807, 2.05) is 6.26 Å². The van der Waals surface area contributed by atoms with Gasteiger partial charge in [-0.2, -0.15) is 23.0 Å². The summed E-state index contributed by atoms with van der Waals surface area (Å²) in [5.74, 6) is 2.46. The van der Waals surface area contributed by atoms with Crippen LogP contribution in [0.15, 0.2) is 58.3 Å². The van der Waals surface area contributed by atoms with Crippen molar-refractivity contribution < 1.29 is 21.6 Å². The molecule has 3 rings (SSSR count). The predicted molar refractivity (Wildman–Crippen MR) is 112 cm³/mol. The average molecular weight is 451 g/mol. The minimum absolute atomic E-state index is 0.0703. The standard InChI is InChI=1S/C21H17F3N2O2S2/c1-4-13-26-20(21(22,23)24)18(14-5-9-16(29-2)10-6-14)19(25-26)15-7-11-17(12-8-15)30(3,27)28/h5-12H,1-3H3. The van der Waals surface area contributed by atoms with E-state index in [0.29, 0.717) is 15.8 Å². The molecule has 9 heteroatoms. The number of thioether (sulfide) groups is 1. The number of alkyl halides is 3. The molecule has 0 unspecified atom stereocenters. The molecule has 1 heterocycles. The van der Waals surface area contributed by atoms with Crippen molar-refractivity contribution in [3.8, 4) is 34.3 Å². The number of benzene rings is 2. The Morgan fingerprint density at radius 2 is 1.57 bits per heavy atom. The van der Waals surface area contributed by atoms with Gasteiger partial charge in [0.2, 0.25) is 0 Å². The Bertz CT molecular complexity index is 1230. The summed E-state index contributed by atoms with van der Waals surface area (Å²) in [5, 5.41) is 4.12. The first-order chi connectivity index (χ1) is 14.1. The summed E-state index contributed by atoms with van der Waals surface area (Å²) < 4.78 is 66.1. The molecule has 0 amide bonds. The first-order valence-corrected chi connectivity index (χ1v) is 11.8. The largest absolute Gasteiger partial charge is 0.434 e. The fourth-order valence-corrected chi connectivity index (χ4v) is 4.00. The normalized spacial score (nSPS) is 11.8. The van der Waals surface area contributed by atoms with Crippen molar-refractivity contribution in [2.24, 2.45) is 0 Å². The van der Waals surface area contributed by atoms with Gasteiger partial charge < -0.3 is 0 Å². The second-order valence-electron chi connectivity index (χ2n) is 6.37. The van der Waals surface area contributed by atoms with E-state index >= 15 is 0 Å². The van der Waals surface area contributed by atoms with Crippen molar-refractivity contribution in [2.45, 2.75) is 22.9 Å². The van der Waals surface area contributed by atoms with Gasteiger partial charge in [-0.3, -0.25) is 0 Å². The van der Waals surface area contributed by atoms with Crippen molar-refractivity contribution in [1.29, 1.82) is 0 Å². The fourth-order valence-electron chi connectivity index (χ4n) is 2.96. The van der Waals surface area contributed by atoms with Gasteiger partial charge in [0.15, 0.2) is 15.5 Å². The van der Waals surface area contributed by atoms with Gasteiger partial charge in [0, 0.05) is 28.3 Å². The summed E-state index contributed by atoms with van der Waals surface area (Å²) in [5.41, 5.74) is -0.317. The monoisotopic (exact) mass is 450 g/mol. The molecule has 1 aromatic heterocycles. The van der Waals surface area contributed by atoms with Gasteiger partial charge in [-0.05, 0) is 43.0 Å². The van der Waals surface area contributed by atoms with Crippen LogP contribution in [0.3, 0.4) is 0 Å². The van der Waals surface area contributed by atoms with Crippen LogP contribution in [0.5, 0.6) is 0 Å². The smallest absolute Gasteiger partial charge is 0.224 e. The molecule has 0 bridgehead atoms. The van der Waals surface area contributed by atoms with Crippen LogP contribution in [0.25, 0.3) is 22.4 Å². The minimum Gasteiger partial charge on any atom is -0.224 e. The number of aromatic nitrogens is 2. The number of halogens is 3. The van der Waals surface area contributed by atoms with Crippen molar-refractivity contribution in [1.82, 2.24) is 9.78 Å². The summed E-state index contributed by atoms with van der Waals surface area (Å²) in [6, 6.07) is 14.7. The first kappa shape index (κ1) is 22.0. The lowest BCUT2D eigenvalue weighted by molar-refractivity contribution is -0.142. The fraction of sp³-hybridized carbons (Fsp3) is 0.190. The van der Waals surface area contributed by atoms with E-state index in [0.717, 1.165) is 11.2 Å². The van der Waals surface area contributed by atoms with E-state index in [4.69, 9.17) is 0 Å². The first-order valence-electron chi connectivity index (χ1n) is 8.64. The Morgan fingerprint density at radius 1 is 1.00 bits per heavy atom. The maximum Gasteiger partial charge on any atom is 0.434 e. The molecule has 4 nitrogen and oxygen atoms in total. The molecule has 30 heavy (non-hydrogen) atoms. The Labute approximate surface area is 177 Å². The molecule has 0 saturated carbocycles. The molecule has 0 aliphatic heterocycles. The highest BCUT2D eigenvalue weighted by Crippen LogP contribution is 2.42. The Balaban J connectivity index is 2.32. The zero-order valence-electron chi connectivity index (χ0n) is 16.3. The van der Waals surface area contributed by atoms with Gasteiger partial charge >= 0.3 is 6.18 Å². The van der Waals surface area contributed by atoms with Crippen LogP contribution in [-0.2, 0) is 16.0 Å². The van der Waals surface area contributed by atoms with E-state index < -0.39 is 21.7 Å². The molecular formula is C21H17F3N2O2S2.